The Labute approximate surface area is 110 Å². The summed E-state index contributed by atoms with van der Waals surface area (Å²) in [6, 6.07) is 9.72. The molecule has 1 aromatic rings. The maximum absolute atomic E-state index is 3.57. The highest BCUT2D eigenvalue weighted by atomic mass is 15.2. The summed E-state index contributed by atoms with van der Waals surface area (Å²) >= 11 is 0. The topological polar surface area (TPSA) is 15.3 Å². The van der Waals surface area contributed by atoms with Gasteiger partial charge in [0.25, 0.3) is 0 Å². The second kappa shape index (κ2) is 5.41. The van der Waals surface area contributed by atoms with Crippen LogP contribution in [0.5, 0.6) is 0 Å². The van der Waals surface area contributed by atoms with E-state index in [-0.39, 0.29) is 0 Å². The van der Waals surface area contributed by atoms with E-state index >= 15 is 0 Å². The number of fused-ring (bicyclic) bond motifs is 1. The molecule has 2 heteroatoms. The molecule has 0 bridgehead atoms. The molecule has 2 atom stereocenters. The highest BCUT2D eigenvalue weighted by molar-refractivity contribution is 5.27. The van der Waals surface area contributed by atoms with E-state index in [0.717, 1.165) is 24.9 Å². The molecule has 2 aliphatic rings. The first kappa shape index (κ1) is 12.2. The van der Waals surface area contributed by atoms with Crippen molar-refractivity contribution in [2.75, 3.05) is 19.6 Å². The molecule has 3 rings (SSSR count). The van der Waals surface area contributed by atoms with Gasteiger partial charge in [0.2, 0.25) is 0 Å². The lowest BCUT2D eigenvalue weighted by Crippen LogP contribution is -2.44. The molecule has 0 saturated carbocycles. The van der Waals surface area contributed by atoms with Crippen LogP contribution in [-0.2, 0) is 13.0 Å². The van der Waals surface area contributed by atoms with Crippen molar-refractivity contribution in [2.45, 2.75) is 38.8 Å². The zero-order valence-corrected chi connectivity index (χ0v) is 11.4. The third-order valence-electron chi connectivity index (χ3n) is 4.67. The zero-order valence-electron chi connectivity index (χ0n) is 11.4. The van der Waals surface area contributed by atoms with Crippen LogP contribution in [0.3, 0.4) is 0 Å². The Morgan fingerprint density at radius 1 is 1.22 bits per heavy atom. The molecule has 2 saturated heterocycles. The van der Waals surface area contributed by atoms with Gasteiger partial charge in [0.05, 0.1) is 0 Å². The molecule has 2 aliphatic heterocycles. The number of hydrogen-bond acceptors (Lipinski definition) is 2. The van der Waals surface area contributed by atoms with Crippen LogP contribution in [0.15, 0.2) is 24.3 Å². The van der Waals surface area contributed by atoms with E-state index in [1.54, 1.807) is 0 Å². The minimum atomic E-state index is 0.781. The van der Waals surface area contributed by atoms with E-state index < -0.39 is 0 Å². The summed E-state index contributed by atoms with van der Waals surface area (Å²) in [4.78, 5) is 2.71. The molecule has 98 valence electrons. The molecule has 2 fully saturated rings. The molecular formula is C16H24N2. The number of piperidine rings is 1. The van der Waals surface area contributed by atoms with Crippen molar-refractivity contribution in [3.05, 3.63) is 35.4 Å². The Morgan fingerprint density at radius 3 is 2.89 bits per heavy atom. The SMILES string of the molecule is CCc1ccccc1CN1CCCC2CNCC21. The standard InChI is InChI=1S/C16H24N2/c1-2-13-6-3-4-7-15(13)12-18-9-5-8-14-10-17-11-16(14)18/h3-4,6-7,14,16-17H,2,5,8-12H2,1H3. The molecule has 18 heavy (non-hydrogen) atoms. The summed E-state index contributed by atoms with van der Waals surface area (Å²) < 4.78 is 0. The van der Waals surface area contributed by atoms with Crippen molar-refractivity contribution in [2.24, 2.45) is 5.92 Å². The molecule has 0 spiro atoms. The van der Waals surface area contributed by atoms with Crippen LogP contribution in [-0.4, -0.2) is 30.6 Å². The van der Waals surface area contributed by atoms with Crippen LogP contribution in [0.2, 0.25) is 0 Å². The highest BCUT2D eigenvalue weighted by Gasteiger charge is 2.34. The predicted octanol–water partition coefficient (Wildman–Crippen LogP) is 2.43. The predicted molar refractivity (Wildman–Crippen MR) is 75.6 cm³/mol. The number of aryl methyl sites for hydroxylation is 1. The second-order valence-corrected chi connectivity index (χ2v) is 5.72. The van der Waals surface area contributed by atoms with Crippen molar-refractivity contribution < 1.29 is 0 Å². The summed E-state index contributed by atoms with van der Waals surface area (Å²) in [6.07, 6.45) is 3.94. The molecule has 2 heterocycles. The van der Waals surface area contributed by atoms with Crippen LogP contribution in [0.25, 0.3) is 0 Å². The number of nitrogens with zero attached hydrogens (tertiary/aromatic N) is 1. The van der Waals surface area contributed by atoms with Gasteiger partial charge in [-0.25, -0.2) is 0 Å². The van der Waals surface area contributed by atoms with E-state index in [1.165, 1.54) is 43.6 Å². The Morgan fingerprint density at radius 2 is 2.06 bits per heavy atom. The van der Waals surface area contributed by atoms with E-state index in [0.29, 0.717) is 0 Å². The highest BCUT2D eigenvalue weighted by Crippen LogP contribution is 2.28. The first-order valence-corrected chi connectivity index (χ1v) is 7.40. The normalized spacial score (nSPS) is 28.3. The fourth-order valence-corrected chi connectivity index (χ4v) is 3.64. The molecule has 1 N–H and O–H groups in total. The van der Waals surface area contributed by atoms with E-state index in [4.69, 9.17) is 0 Å². The van der Waals surface area contributed by atoms with Crippen molar-refractivity contribution in [3.8, 4) is 0 Å². The van der Waals surface area contributed by atoms with Gasteiger partial charge < -0.3 is 5.32 Å². The van der Waals surface area contributed by atoms with Gasteiger partial charge in [-0.15, -0.1) is 0 Å². The Hall–Kier alpha value is -0.860. The molecule has 2 nitrogen and oxygen atoms in total. The smallest absolute Gasteiger partial charge is 0.0264 e. The molecule has 0 radical (unpaired) electrons. The van der Waals surface area contributed by atoms with E-state index in [2.05, 4.69) is 41.4 Å². The number of hydrogen-bond donors (Lipinski definition) is 1. The Kier molecular flexibility index (Phi) is 3.67. The first-order valence-electron chi connectivity index (χ1n) is 7.40. The summed E-state index contributed by atoms with van der Waals surface area (Å²) in [5.41, 5.74) is 3.05. The fourth-order valence-electron chi connectivity index (χ4n) is 3.64. The van der Waals surface area contributed by atoms with Crippen LogP contribution in [0.4, 0.5) is 0 Å². The maximum atomic E-state index is 3.57. The van der Waals surface area contributed by atoms with Gasteiger partial charge in [0.1, 0.15) is 0 Å². The number of rotatable bonds is 3. The lowest BCUT2D eigenvalue weighted by molar-refractivity contribution is 0.117. The Bertz CT molecular complexity index is 402. The van der Waals surface area contributed by atoms with Crippen LogP contribution in [0.1, 0.15) is 30.9 Å². The monoisotopic (exact) mass is 244 g/mol. The number of nitrogens with one attached hydrogen (secondary N) is 1. The van der Waals surface area contributed by atoms with Crippen molar-refractivity contribution in [1.29, 1.82) is 0 Å². The van der Waals surface area contributed by atoms with E-state index in [9.17, 15) is 0 Å². The minimum Gasteiger partial charge on any atom is -0.315 e. The molecule has 2 unspecified atom stereocenters. The van der Waals surface area contributed by atoms with Gasteiger partial charge in [-0.3, -0.25) is 4.90 Å². The van der Waals surface area contributed by atoms with E-state index in [1.807, 2.05) is 0 Å². The maximum Gasteiger partial charge on any atom is 0.0264 e. The lowest BCUT2D eigenvalue weighted by Gasteiger charge is -2.37. The fraction of sp³-hybridized carbons (Fsp3) is 0.625. The number of benzene rings is 1. The summed E-state index contributed by atoms with van der Waals surface area (Å²) in [5.74, 6) is 0.896. The van der Waals surface area contributed by atoms with Crippen LogP contribution < -0.4 is 5.32 Å². The largest absolute Gasteiger partial charge is 0.315 e. The lowest BCUT2D eigenvalue weighted by atomic mass is 9.91. The van der Waals surface area contributed by atoms with Gasteiger partial charge in [-0.2, -0.15) is 0 Å². The number of likely N-dealkylation sites (tertiary alicyclic amines) is 1. The molecule has 0 aromatic heterocycles. The third kappa shape index (κ3) is 2.32. The molecule has 1 aromatic carbocycles. The molecule has 0 aliphatic carbocycles. The average molecular weight is 244 g/mol. The van der Waals surface area contributed by atoms with Gasteiger partial charge in [-0.1, -0.05) is 31.2 Å². The Balaban J connectivity index is 1.75. The van der Waals surface area contributed by atoms with Gasteiger partial charge in [0, 0.05) is 19.1 Å². The van der Waals surface area contributed by atoms with Crippen molar-refractivity contribution in [1.82, 2.24) is 10.2 Å². The first-order chi connectivity index (χ1) is 8.88. The van der Waals surface area contributed by atoms with Gasteiger partial charge in [-0.05, 0) is 49.4 Å². The molecular weight excluding hydrogens is 220 g/mol. The van der Waals surface area contributed by atoms with Crippen LogP contribution >= 0.6 is 0 Å². The van der Waals surface area contributed by atoms with Crippen LogP contribution in [0, 0.1) is 5.92 Å². The molecule has 0 amide bonds. The summed E-state index contributed by atoms with van der Waals surface area (Å²) in [7, 11) is 0. The second-order valence-electron chi connectivity index (χ2n) is 5.72. The summed E-state index contributed by atoms with van der Waals surface area (Å²) in [6.45, 7) is 7.11. The summed E-state index contributed by atoms with van der Waals surface area (Å²) in [5, 5.41) is 3.57. The quantitative estimate of drug-likeness (QED) is 0.878. The third-order valence-corrected chi connectivity index (χ3v) is 4.67. The minimum absolute atomic E-state index is 0.781. The van der Waals surface area contributed by atoms with Crippen molar-refractivity contribution >= 4 is 0 Å². The zero-order chi connectivity index (χ0) is 12.4. The van der Waals surface area contributed by atoms with Gasteiger partial charge >= 0.3 is 0 Å². The van der Waals surface area contributed by atoms with Crippen molar-refractivity contribution in [3.63, 3.8) is 0 Å². The van der Waals surface area contributed by atoms with Gasteiger partial charge in [0.15, 0.2) is 0 Å². The average Bonchev–Trinajstić information content (AvgIpc) is 2.89.